The molecular formula is C31H40N2O2. The van der Waals surface area contributed by atoms with Crippen molar-refractivity contribution in [2.24, 2.45) is 11.8 Å². The number of likely N-dealkylation sites (tertiary alicyclic amines) is 1. The molecule has 4 heteroatoms. The van der Waals surface area contributed by atoms with Gasteiger partial charge in [-0.15, -0.1) is 0 Å². The molecule has 3 heterocycles. The van der Waals surface area contributed by atoms with Crippen molar-refractivity contribution in [3.05, 3.63) is 65.2 Å². The van der Waals surface area contributed by atoms with Crippen molar-refractivity contribution >= 4 is 5.91 Å². The van der Waals surface area contributed by atoms with Gasteiger partial charge in [-0.1, -0.05) is 61.7 Å². The number of carbonyl (C=O) groups is 1. The van der Waals surface area contributed by atoms with Gasteiger partial charge in [-0.3, -0.25) is 4.79 Å². The first-order valence-electron chi connectivity index (χ1n) is 14.0. The van der Waals surface area contributed by atoms with Gasteiger partial charge < -0.3 is 15.0 Å². The van der Waals surface area contributed by atoms with E-state index in [4.69, 9.17) is 4.74 Å². The van der Waals surface area contributed by atoms with Crippen LogP contribution in [0.4, 0.5) is 0 Å². The Morgan fingerprint density at radius 3 is 2.71 bits per heavy atom. The fraction of sp³-hybridized carbons (Fsp3) is 0.581. The van der Waals surface area contributed by atoms with Crippen molar-refractivity contribution in [1.82, 2.24) is 10.2 Å². The number of hydrogen-bond acceptors (Lipinski definition) is 3. The molecule has 0 bridgehead atoms. The second-order valence-corrected chi connectivity index (χ2v) is 11.6. The number of rotatable bonds is 3. The maximum Gasteiger partial charge on any atom is 0.228 e. The molecule has 4 unspecified atom stereocenters. The monoisotopic (exact) mass is 472 g/mol. The number of carbonyl (C=O) groups excluding carboxylic acids is 1. The summed E-state index contributed by atoms with van der Waals surface area (Å²) in [5.74, 6) is 2.59. The van der Waals surface area contributed by atoms with E-state index in [0.29, 0.717) is 30.4 Å². The van der Waals surface area contributed by atoms with Crippen LogP contribution < -0.4 is 10.1 Å². The molecule has 1 saturated carbocycles. The van der Waals surface area contributed by atoms with Gasteiger partial charge in [-0.2, -0.15) is 0 Å². The van der Waals surface area contributed by atoms with Crippen LogP contribution in [-0.4, -0.2) is 43.1 Å². The molecule has 4 nitrogen and oxygen atoms in total. The van der Waals surface area contributed by atoms with Gasteiger partial charge in [0.2, 0.25) is 5.91 Å². The molecule has 6 rings (SSSR count). The predicted molar refractivity (Wildman–Crippen MR) is 140 cm³/mol. The average molecular weight is 473 g/mol. The Labute approximate surface area is 210 Å². The maximum atomic E-state index is 14.5. The third-order valence-electron chi connectivity index (χ3n) is 9.63. The smallest absolute Gasteiger partial charge is 0.228 e. The molecule has 1 amide bonds. The normalized spacial score (nSPS) is 31.2. The minimum atomic E-state index is -0.147. The Balaban J connectivity index is 1.30. The third kappa shape index (κ3) is 4.18. The second kappa shape index (κ2) is 9.61. The minimum absolute atomic E-state index is 0.00720. The van der Waals surface area contributed by atoms with Crippen LogP contribution in [0.5, 0.6) is 5.75 Å². The molecule has 1 aliphatic carbocycles. The van der Waals surface area contributed by atoms with Crippen LogP contribution in [0.3, 0.4) is 0 Å². The molecule has 186 valence electrons. The van der Waals surface area contributed by atoms with E-state index >= 15 is 0 Å². The lowest BCUT2D eigenvalue weighted by molar-refractivity contribution is -0.143. The predicted octanol–water partition coefficient (Wildman–Crippen LogP) is 5.59. The van der Waals surface area contributed by atoms with Crippen molar-refractivity contribution in [3.8, 4) is 5.75 Å². The standard InChI is InChI=1S/C31H40N2O2/c1-22-12-13-26-29(18-22)35-17-15-31(26)21-32-20-27(31)30(34)33-16-14-25(23-8-4-2-5-9-23)19-28(33)24-10-6-3-7-11-24/h2,4-5,8-9,12-13,18,24-25,27-28,32H,3,6-7,10-11,14-17,19-21H2,1H3. The van der Waals surface area contributed by atoms with Gasteiger partial charge in [-0.25, -0.2) is 0 Å². The summed E-state index contributed by atoms with van der Waals surface area (Å²) in [6.07, 6.45) is 9.65. The molecule has 1 N–H and O–H groups in total. The fourth-order valence-corrected chi connectivity index (χ4v) is 7.73. The van der Waals surface area contributed by atoms with Gasteiger partial charge in [0.25, 0.3) is 0 Å². The summed E-state index contributed by atoms with van der Waals surface area (Å²) >= 11 is 0. The van der Waals surface area contributed by atoms with E-state index in [-0.39, 0.29) is 11.3 Å². The lowest BCUT2D eigenvalue weighted by atomic mass is 9.67. The van der Waals surface area contributed by atoms with Crippen molar-refractivity contribution in [3.63, 3.8) is 0 Å². The Morgan fingerprint density at radius 1 is 1.06 bits per heavy atom. The third-order valence-corrected chi connectivity index (χ3v) is 9.63. The number of piperidine rings is 1. The van der Waals surface area contributed by atoms with Crippen LogP contribution in [0.1, 0.15) is 74.0 Å². The first-order valence-corrected chi connectivity index (χ1v) is 14.0. The highest BCUT2D eigenvalue weighted by molar-refractivity contribution is 5.82. The Bertz CT molecular complexity index is 1050. The van der Waals surface area contributed by atoms with E-state index in [1.165, 1.54) is 48.8 Å². The molecule has 2 aromatic carbocycles. The van der Waals surface area contributed by atoms with E-state index < -0.39 is 0 Å². The molecule has 3 fully saturated rings. The minimum Gasteiger partial charge on any atom is -0.493 e. The number of benzene rings is 2. The summed E-state index contributed by atoms with van der Waals surface area (Å²) in [4.78, 5) is 16.9. The van der Waals surface area contributed by atoms with Crippen molar-refractivity contribution in [2.75, 3.05) is 26.2 Å². The molecule has 2 aromatic rings. The zero-order valence-corrected chi connectivity index (χ0v) is 21.2. The number of nitrogens with zero attached hydrogens (tertiary/aromatic N) is 1. The van der Waals surface area contributed by atoms with Gasteiger partial charge in [0, 0.05) is 36.7 Å². The molecular weight excluding hydrogens is 432 g/mol. The van der Waals surface area contributed by atoms with Gasteiger partial charge in [-0.05, 0) is 68.1 Å². The quantitative estimate of drug-likeness (QED) is 0.633. The molecule has 4 atom stereocenters. The maximum absolute atomic E-state index is 14.5. The second-order valence-electron chi connectivity index (χ2n) is 11.6. The van der Waals surface area contributed by atoms with E-state index in [1.807, 2.05) is 0 Å². The number of fused-ring (bicyclic) bond motifs is 2. The Hall–Kier alpha value is -2.33. The molecule has 2 saturated heterocycles. The number of amides is 1. The number of nitrogens with one attached hydrogen (secondary N) is 1. The summed E-state index contributed by atoms with van der Waals surface area (Å²) in [6.45, 7) is 5.36. The van der Waals surface area contributed by atoms with Crippen molar-refractivity contribution < 1.29 is 9.53 Å². The molecule has 0 aromatic heterocycles. The van der Waals surface area contributed by atoms with Crippen LogP contribution in [0.2, 0.25) is 0 Å². The topological polar surface area (TPSA) is 41.6 Å². The van der Waals surface area contributed by atoms with Gasteiger partial charge >= 0.3 is 0 Å². The van der Waals surface area contributed by atoms with E-state index in [1.54, 1.807) is 0 Å². The summed E-state index contributed by atoms with van der Waals surface area (Å²) in [6, 6.07) is 18.0. The number of ether oxygens (including phenoxy) is 1. The molecule has 3 aliphatic heterocycles. The zero-order valence-electron chi connectivity index (χ0n) is 21.2. The van der Waals surface area contributed by atoms with Gasteiger partial charge in [0.1, 0.15) is 5.75 Å². The SMILES string of the molecule is Cc1ccc2c(c1)OCCC21CNCC1C(=O)N1CCC(c2ccccc2)CC1C1CCCCC1. The summed E-state index contributed by atoms with van der Waals surface area (Å²) in [5, 5.41) is 3.63. The van der Waals surface area contributed by atoms with Gasteiger partial charge in [0.15, 0.2) is 0 Å². The van der Waals surface area contributed by atoms with E-state index in [9.17, 15) is 4.79 Å². The Morgan fingerprint density at radius 2 is 1.89 bits per heavy atom. The summed E-state index contributed by atoms with van der Waals surface area (Å²) < 4.78 is 6.09. The summed E-state index contributed by atoms with van der Waals surface area (Å²) in [5.41, 5.74) is 3.76. The highest BCUT2D eigenvalue weighted by Gasteiger charge is 2.53. The van der Waals surface area contributed by atoms with Crippen molar-refractivity contribution in [1.29, 1.82) is 0 Å². The highest BCUT2D eigenvalue weighted by Crippen LogP contribution is 2.48. The van der Waals surface area contributed by atoms with Crippen LogP contribution in [0, 0.1) is 18.8 Å². The average Bonchev–Trinajstić information content (AvgIpc) is 3.32. The van der Waals surface area contributed by atoms with Crippen LogP contribution in [-0.2, 0) is 10.2 Å². The van der Waals surface area contributed by atoms with Crippen LogP contribution in [0.25, 0.3) is 0 Å². The van der Waals surface area contributed by atoms with Crippen LogP contribution >= 0.6 is 0 Å². The molecule has 35 heavy (non-hydrogen) atoms. The highest BCUT2D eigenvalue weighted by atomic mass is 16.5. The first kappa shape index (κ1) is 23.1. The lowest BCUT2D eigenvalue weighted by Crippen LogP contribution is -2.55. The zero-order chi connectivity index (χ0) is 23.8. The largest absolute Gasteiger partial charge is 0.493 e. The summed E-state index contributed by atoms with van der Waals surface area (Å²) in [7, 11) is 0. The molecule has 0 radical (unpaired) electrons. The number of hydrogen-bond donors (Lipinski definition) is 1. The number of aryl methyl sites for hydroxylation is 1. The fourth-order valence-electron chi connectivity index (χ4n) is 7.73. The van der Waals surface area contributed by atoms with Crippen LogP contribution in [0.15, 0.2) is 48.5 Å². The van der Waals surface area contributed by atoms with E-state index in [2.05, 4.69) is 65.7 Å². The Kier molecular flexibility index (Phi) is 6.34. The molecule has 4 aliphatic rings. The van der Waals surface area contributed by atoms with Gasteiger partial charge in [0.05, 0.1) is 12.5 Å². The molecule has 1 spiro atoms. The van der Waals surface area contributed by atoms with Crippen molar-refractivity contribution in [2.45, 2.75) is 75.7 Å². The van der Waals surface area contributed by atoms with E-state index in [0.717, 1.165) is 44.6 Å². The lowest BCUT2D eigenvalue weighted by Gasteiger charge is -2.48. The first-order chi connectivity index (χ1) is 17.2.